The highest BCUT2D eigenvalue weighted by Gasteiger charge is 2.00. The van der Waals surface area contributed by atoms with E-state index in [2.05, 4.69) is 55.1 Å². The summed E-state index contributed by atoms with van der Waals surface area (Å²) < 4.78 is 0. The number of hydrogen-bond donors (Lipinski definition) is 0. The van der Waals surface area contributed by atoms with Crippen molar-refractivity contribution in [3.05, 3.63) is 83.9 Å². The Labute approximate surface area is 109 Å². The third kappa shape index (κ3) is 3.21. The number of allylic oxidation sites excluding steroid dienone is 2. The highest BCUT2D eigenvalue weighted by Crippen LogP contribution is 2.17. The first-order valence-corrected chi connectivity index (χ1v) is 6.23. The van der Waals surface area contributed by atoms with Crippen LogP contribution in [0.3, 0.4) is 0 Å². The van der Waals surface area contributed by atoms with E-state index in [0.29, 0.717) is 0 Å². The molecule has 0 aromatic heterocycles. The van der Waals surface area contributed by atoms with E-state index in [1.807, 2.05) is 25.1 Å². The molecule has 0 fully saturated rings. The van der Waals surface area contributed by atoms with Gasteiger partial charge in [-0.25, -0.2) is 0 Å². The molecule has 0 nitrogen and oxygen atoms in total. The second kappa shape index (κ2) is 6.02. The zero-order chi connectivity index (χ0) is 12.8. The lowest BCUT2D eigenvalue weighted by Gasteiger charge is -1.94. The standard InChI is InChI=1S/C9H8.C9H10/c1-2-5-9-7-3-6-8(9)4-1;1-8(2)9-6-4-3-5-7-9/h1-6H,7H2;3-7H,1H2,2H3. The summed E-state index contributed by atoms with van der Waals surface area (Å²) in [4.78, 5) is 0. The second-order valence-corrected chi connectivity index (χ2v) is 4.45. The van der Waals surface area contributed by atoms with E-state index >= 15 is 0 Å². The van der Waals surface area contributed by atoms with Gasteiger partial charge >= 0.3 is 0 Å². The zero-order valence-electron chi connectivity index (χ0n) is 10.8. The van der Waals surface area contributed by atoms with Gasteiger partial charge in [-0.15, -0.1) is 0 Å². The van der Waals surface area contributed by atoms with E-state index in [0.717, 1.165) is 12.0 Å². The molecule has 0 amide bonds. The molecular formula is C18H18. The smallest absolute Gasteiger partial charge is 0.00882 e. The molecule has 3 rings (SSSR count). The fourth-order valence-electron chi connectivity index (χ4n) is 1.92. The maximum Gasteiger partial charge on any atom is -0.00882 e. The Morgan fingerprint density at radius 1 is 0.944 bits per heavy atom. The van der Waals surface area contributed by atoms with Gasteiger partial charge in [0.05, 0.1) is 0 Å². The van der Waals surface area contributed by atoms with Crippen molar-refractivity contribution in [1.82, 2.24) is 0 Å². The summed E-state index contributed by atoms with van der Waals surface area (Å²) in [5.74, 6) is 0. The molecule has 1 aliphatic carbocycles. The molecule has 0 saturated carbocycles. The van der Waals surface area contributed by atoms with Crippen LogP contribution in [0.5, 0.6) is 0 Å². The first kappa shape index (κ1) is 12.4. The summed E-state index contributed by atoms with van der Waals surface area (Å²) in [6.45, 7) is 5.83. The Morgan fingerprint density at radius 3 is 2.22 bits per heavy atom. The summed E-state index contributed by atoms with van der Waals surface area (Å²) in [5, 5.41) is 0. The lowest BCUT2D eigenvalue weighted by Crippen LogP contribution is -1.76. The van der Waals surface area contributed by atoms with Crippen molar-refractivity contribution in [3.8, 4) is 0 Å². The quantitative estimate of drug-likeness (QED) is 0.653. The first-order chi connectivity index (χ1) is 8.77. The van der Waals surface area contributed by atoms with Gasteiger partial charge in [0.2, 0.25) is 0 Å². The summed E-state index contributed by atoms with van der Waals surface area (Å²) in [5.41, 5.74) is 5.18. The average Bonchev–Trinajstić information content (AvgIpc) is 2.89. The van der Waals surface area contributed by atoms with E-state index in [1.54, 1.807) is 0 Å². The van der Waals surface area contributed by atoms with Crippen LogP contribution in [0, 0.1) is 0 Å². The molecule has 1 aliphatic rings. The minimum absolute atomic E-state index is 1.12. The molecule has 90 valence electrons. The van der Waals surface area contributed by atoms with Crippen molar-refractivity contribution in [2.45, 2.75) is 13.3 Å². The summed E-state index contributed by atoms with van der Waals surface area (Å²) >= 11 is 0. The topological polar surface area (TPSA) is 0 Å². The summed E-state index contributed by atoms with van der Waals surface area (Å²) in [7, 11) is 0. The first-order valence-electron chi connectivity index (χ1n) is 6.23. The van der Waals surface area contributed by atoms with E-state index in [1.165, 1.54) is 16.7 Å². The van der Waals surface area contributed by atoms with Gasteiger partial charge in [0, 0.05) is 0 Å². The highest BCUT2D eigenvalue weighted by atomic mass is 14.0. The predicted octanol–water partition coefficient (Wildman–Crippen LogP) is 4.98. The summed E-state index contributed by atoms with van der Waals surface area (Å²) in [6, 6.07) is 18.7. The van der Waals surface area contributed by atoms with Crippen molar-refractivity contribution in [2.75, 3.05) is 0 Å². The fraction of sp³-hybridized carbons (Fsp3) is 0.111. The highest BCUT2D eigenvalue weighted by molar-refractivity contribution is 5.60. The molecule has 0 heteroatoms. The van der Waals surface area contributed by atoms with Crippen LogP contribution in [0.1, 0.15) is 23.6 Å². The average molecular weight is 234 g/mol. The largest absolute Gasteiger partial charge is 0.0955 e. The molecule has 18 heavy (non-hydrogen) atoms. The molecule has 0 unspecified atom stereocenters. The van der Waals surface area contributed by atoms with Crippen molar-refractivity contribution >= 4 is 11.6 Å². The normalized spacial score (nSPS) is 11.4. The molecule has 0 aliphatic heterocycles. The maximum absolute atomic E-state index is 3.83. The Bertz CT molecular complexity index is 547. The molecule has 0 N–H and O–H groups in total. The van der Waals surface area contributed by atoms with Crippen LogP contribution in [0.15, 0.2) is 67.3 Å². The van der Waals surface area contributed by atoms with Crippen LogP contribution < -0.4 is 0 Å². The Kier molecular flexibility index (Phi) is 4.14. The third-order valence-corrected chi connectivity index (χ3v) is 2.96. The molecular weight excluding hydrogens is 216 g/mol. The SMILES string of the molecule is C1=Cc2ccccc2C1.C=C(C)c1ccccc1. The van der Waals surface area contributed by atoms with Crippen LogP contribution in [0.25, 0.3) is 11.6 Å². The van der Waals surface area contributed by atoms with Gasteiger partial charge in [-0.3, -0.25) is 0 Å². The molecule has 0 saturated heterocycles. The minimum Gasteiger partial charge on any atom is -0.0955 e. The Balaban J connectivity index is 0.000000134. The van der Waals surface area contributed by atoms with Crippen molar-refractivity contribution in [2.24, 2.45) is 0 Å². The minimum atomic E-state index is 1.12. The van der Waals surface area contributed by atoms with E-state index in [-0.39, 0.29) is 0 Å². The van der Waals surface area contributed by atoms with Crippen LogP contribution in [0.4, 0.5) is 0 Å². The monoisotopic (exact) mass is 234 g/mol. The third-order valence-electron chi connectivity index (χ3n) is 2.96. The lowest BCUT2D eigenvalue weighted by atomic mass is 10.1. The molecule has 0 heterocycles. The molecule has 2 aromatic carbocycles. The Hall–Kier alpha value is -2.08. The van der Waals surface area contributed by atoms with E-state index < -0.39 is 0 Å². The molecule has 0 radical (unpaired) electrons. The zero-order valence-corrected chi connectivity index (χ0v) is 10.8. The lowest BCUT2D eigenvalue weighted by molar-refractivity contribution is 1.31. The maximum atomic E-state index is 3.83. The van der Waals surface area contributed by atoms with Crippen LogP contribution in [0.2, 0.25) is 0 Å². The van der Waals surface area contributed by atoms with Crippen LogP contribution in [-0.4, -0.2) is 0 Å². The van der Waals surface area contributed by atoms with Crippen LogP contribution >= 0.6 is 0 Å². The van der Waals surface area contributed by atoms with Crippen molar-refractivity contribution in [3.63, 3.8) is 0 Å². The Morgan fingerprint density at radius 2 is 1.61 bits per heavy atom. The molecule has 0 bridgehead atoms. The molecule has 0 spiro atoms. The fourth-order valence-corrected chi connectivity index (χ4v) is 1.92. The van der Waals surface area contributed by atoms with Gasteiger partial charge in [0.25, 0.3) is 0 Å². The second-order valence-electron chi connectivity index (χ2n) is 4.45. The van der Waals surface area contributed by atoms with Crippen LogP contribution in [-0.2, 0) is 6.42 Å². The number of fused-ring (bicyclic) bond motifs is 1. The molecule has 0 atom stereocenters. The van der Waals surface area contributed by atoms with Gasteiger partial charge < -0.3 is 0 Å². The van der Waals surface area contributed by atoms with Crippen molar-refractivity contribution < 1.29 is 0 Å². The number of benzene rings is 2. The van der Waals surface area contributed by atoms with Gasteiger partial charge in [-0.1, -0.05) is 78.9 Å². The van der Waals surface area contributed by atoms with Gasteiger partial charge in [-0.2, -0.15) is 0 Å². The summed E-state index contributed by atoms with van der Waals surface area (Å²) in [6.07, 6.45) is 5.50. The molecule has 2 aromatic rings. The van der Waals surface area contributed by atoms with Gasteiger partial charge in [0.15, 0.2) is 0 Å². The van der Waals surface area contributed by atoms with Gasteiger partial charge in [0.1, 0.15) is 0 Å². The van der Waals surface area contributed by atoms with Crippen molar-refractivity contribution in [1.29, 1.82) is 0 Å². The van der Waals surface area contributed by atoms with Gasteiger partial charge in [-0.05, 0) is 30.0 Å². The van der Waals surface area contributed by atoms with E-state index in [9.17, 15) is 0 Å². The number of hydrogen-bond acceptors (Lipinski definition) is 0. The predicted molar refractivity (Wildman–Crippen MR) is 80.3 cm³/mol. The van der Waals surface area contributed by atoms with E-state index in [4.69, 9.17) is 0 Å². The number of rotatable bonds is 1.